The first-order chi connectivity index (χ1) is 12.0. The molecule has 0 saturated heterocycles. The minimum atomic E-state index is -0.198. The highest BCUT2D eigenvalue weighted by Crippen LogP contribution is 2.34. The summed E-state index contributed by atoms with van der Waals surface area (Å²) in [6.45, 7) is 0. The predicted octanol–water partition coefficient (Wildman–Crippen LogP) is 5.16. The highest BCUT2D eigenvalue weighted by atomic mass is 35.5. The number of carbonyl (C=O) groups is 1. The van der Waals surface area contributed by atoms with Crippen LogP contribution < -0.4 is 5.32 Å². The molecule has 0 spiro atoms. The molecule has 0 unspecified atom stereocenters. The molecule has 1 heterocycles. The van der Waals surface area contributed by atoms with Gasteiger partial charge in [0.15, 0.2) is 5.16 Å². The summed E-state index contributed by atoms with van der Waals surface area (Å²) in [5, 5.41) is 13.0. The largest absolute Gasteiger partial charge is 0.324 e. The van der Waals surface area contributed by atoms with Crippen LogP contribution in [0.5, 0.6) is 0 Å². The van der Waals surface area contributed by atoms with Gasteiger partial charge in [0, 0.05) is 13.0 Å². The Morgan fingerprint density at radius 2 is 1.88 bits per heavy atom. The van der Waals surface area contributed by atoms with Crippen molar-refractivity contribution in [1.29, 1.82) is 0 Å². The van der Waals surface area contributed by atoms with E-state index in [-0.39, 0.29) is 11.7 Å². The maximum atomic E-state index is 12.2. The minimum Gasteiger partial charge on any atom is -0.324 e. The summed E-state index contributed by atoms with van der Waals surface area (Å²) in [7, 11) is 1.95. The Morgan fingerprint density at radius 1 is 1.20 bits per heavy atom. The molecule has 0 aliphatic heterocycles. The predicted molar refractivity (Wildman–Crippen MR) is 103 cm³/mol. The number of benzene rings is 1. The lowest BCUT2D eigenvalue weighted by molar-refractivity contribution is -0.113. The Hall–Kier alpha value is -0.950. The van der Waals surface area contributed by atoms with Gasteiger partial charge in [-0.15, -0.1) is 10.2 Å². The summed E-state index contributed by atoms with van der Waals surface area (Å²) in [4.78, 5) is 12.2. The summed E-state index contributed by atoms with van der Waals surface area (Å²) in [6, 6.07) is 3.04. The second-order valence-corrected chi connectivity index (χ2v) is 8.13. The van der Waals surface area contributed by atoms with E-state index in [1.165, 1.54) is 36.7 Å². The van der Waals surface area contributed by atoms with Crippen LogP contribution >= 0.6 is 46.6 Å². The number of nitrogens with one attached hydrogen (secondary N) is 1. The number of aromatic nitrogens is 3. The highest BCUT2D eigenvalue weighted by Gasteiger charge is 2.23. The third-order valence-corrected chi connectivity index (χ3v) is 6.26. The monoisotopic (exact) mass is 418 g/mol. The van der Waals surface area contributed by atoms with Gasteiger partial charge in [0.05, 0.1) is 26.5 Å². The van der Waals surface area contributed by atoms with Gasteiger partial charge in [-0.3, -0.25) is 4.79 Å². The molecule has 0 atom stereocenters. The van der Waals surface area contributed by atoms with Crippen LogP contribution in [0.1, 0.15) is 37.4 Å². The zero-order chi connectivity index (χ0) is 18.0. The molecule has 134 valence electrons. The second-order valence-electron chi connectivity index (χ2n) is 5.96. The minimum absolute atomic E-state index is 0.198. The Morgan fingerprint density at radius 3 is 2.60 bits per heavy atom. The molecule has 5 nitrogen and oxygen atoms in total. The van der Waals surface area contributed by atoms with Crippen molar-refractivity contribution in [1.82, 2.24) is 14.8 Å². The molecule has 9 heteroatoms. The fraction of sp³-hybridized carbons (Fsp3) is 0.438. The molecule has 1 aliphatic carbocycles. The zero-order valence-corrected chi connectivity index (χ0v) is 16.6. The molecule has 3 rings (SSSR count). The number of hydrogen-bond donors (Lipinski definition) is 1. The second kappa shape index (κ2) is 8.16. The molecule has 1 aromatic carbocycles. The SMILES string of the molecule is Cn1c(SCC(=O)Nc2cc(Cl)c(Cl)cc2Cl)nnc1C1CCCC1. The summed E-state index contributed by atoms with van der Waals surface area (Å²) in [5.41, 5.74) is 0.436. The first kappa shape index (κ1) is 18.8. The number of rotatable bonds is 5. The van der Waals surface area contributed by atoms with Crippen molar-refractivity contribution < 1.29 is 4.79 Å². The Labute approximate surface area is 165 Å². The van der Waals surface area contributed by atoms with Crippen LogP contribution in [0.4, 0.5) is 5.69 Å². The van der Waals surface area contributed by atoms with Gasteiger partial charge in [0.2, 0.25) is 5.91 Å². The van der Waals surface area contributed by atoms with Crippen molar-refractivity contribution in [2.75, 3.05) is 11.1 Å². The molecule has 2 aromatic rings. The van der Waals surface area contributed by atoms with E-state index < -0.39 is 0 Å². The highest BCUT2D eigenvalue weighted by molar-refractivity contribution is 7.99. The van der Waals surface area contributed by atoms with E-state index in [0.29, 0.717) is 26.7 Å². The van der Waals surface area contributed by atoms with E-state index in [1.807, 2.05) is 11.6 Å². The Balaban J connectivity index is 1.60. The Kier molecular flexibility index (Phi) is 6.15. The average Bonchev–Trinajstić information content (AvgIpc) is 3.20. The van der Waals surface area contributed by atoms with Gasteiger partial charge >= 0.3 is 0 Å². The molecule has 0 bridgehead atoms. The van der Waals surface area contributed by atoms with E-state index in [2.05, 4.69) is 15.5 Å². The maximum absolute atomic E-state index is 12.2. The quantitative estimate of drug-likeness (QED) is 0.537. The van der Waals surface area contributed by atoms with Gasteiger partial charge in [-0.25, -0.2) is 0 Å². The van der Waals surface area contributed by atoms with Crippen molar-refractivity contribution in [3.8, 4) is 0 Å². The number of carbonyl (C=O) groups excluding carboxylic acids is 1. The number of nitrogens with zero attached hydrogens (tertiary/aromatic N) is 3. The molecule has 1 aromatic heterocycles. The summed E-state index contributed by atoms with van der Waals surface area (Å²) < 4.78 is 1.99. The number of amides is 1. The van der Waals surface area contributed by atoms with Crippen molar-refractivity contribution in [2.45, 2.75) is 36.8 Å². The summed E-state index contributed by atoms with van der Waals surface area (Å²) >= 11 is 19.3. The van der Waals surface area contributed by atoms with Gasteiger partial charge < -0.3 is 9.88 Å². The first-order valence-corrected chi connectivity index (χ1v) is 10.0. The lowest BCUT2D eigenvalue weighted by atomic mass is 10.1. The number of thioether (sulfide) groups is 1. The van der Waals surface area contributed by atoms with Crippen LogP contribution in [0.2, 0.25) is 15.1 Å². The van der Waals surface area contributed by atoms with Crippen LogP contribution in [0.3, 0.4) is 0 Å². The van der Waals surface area contributed by atoms with E-state index >= 15 is 0 Å². The van der Waals surface area contributed by atoms with Crippen LogP contribution in [0.25, 0.3) is 0 Å². The standard InChI is InChI=1S/C16H17Cl3N4OS/c1-23-15(9-4-2-3-5-9)21-22-16(23)25-8-14(24)20-13-7-11(18)10(17)6-12(13)19/h6-7,9H,2-5,8H2,1H3,(H,20,24). The molecule has 1 amide bonds. The number of hydrogen-bond acceptors (Lipinski definition) is 4. The molecule has 1 fully saturated rings. The van der Waals surface area contributed by atoms with Crippen molar-refractivity contribution in [3.05, 3.63) is 33.0 Å². The molecule has 25 heavy (non-hydrogen) atoms. The molecular formula is C16H17Cl3N4OS. The molecule has 0 radical (unpaired) electrons. The van der Waals surface area contributed by atoms with E-state index in [0.717, 1.165) is 23.8 Å². The van der Waals surface area contributed by atoms with Crippen LogP contribution in [-0.2, 0) is 11.8 Å². The van der Waals surface area contributed by atoms with E-state index in [1.54, 1.807) is 0 Å². The van der Waals surface area contributed by atoms with Crippen LogP contribution in [0.15, 0.2) is 17.3 Å². The van der Waals surface area contributed by atoms with Crippen molar-refractivity contribution >= 4 is 58.2 Å². The fourth-order valence-corrected chi connectivity index (χ4v) is 4.24. The van der Waals surface area contributed by atoms with Crippen molar-refractivity contribution in [2.24, 2.45) is 7.05 Å². The number of anilines is 1. The average molecular weight is 420 g/mol. The Bertz CT molecular complexity index is 790. The third-order valence-electron chi connectivity index (χ3n) is 4.21. The topological polar surface area (TPSA) is 59.8 Å². The van der Waals surface area contributed by atoms with Gasteiger partial charge in [-0.05, 0) is 25.0 Å². The van der Waals surface area contributed by atoms with Gasteiger partial charge in [0.1, 0.15) is 5.82 Å². The molecule has 1 N–H and O–H groups in total. The molecule has 1 saturated carbocycles. The lowest BCUT2D eigenvalue weighted by Crippen LogP contribution is -2.15. The zero-order valence-electron chi connectivity index (χ0n) is 13.6. The van der Waals surface area contributed by atoms with Crippen molar-refractivity contribution in [3.63, 3.8) is 0 Å². The van der Waals surface area contributed by atoms with E-state index in [9.17, 15) is 4.79 Å². The molecule has 1 aliphatic rings. The van der Waals surface area contributed by atoms with Gasteiger partial charge in [-0.2, -0.15) is 0 Å². The molecular weight excluding hydrogens is 403 g/mol. The third kappa shape index (κ3) is 4.42. The maximum Gasteiger partial charge on any atom is 0.234 e. The van der Waals surface area contributed by atoms with Gasteiger partial charge in [0.25, 0.3) is 0 Å². The van der Waals surface area contributed by atoms with E-state index in [4.69, 9.17) is 34.8 Å². The number of halogens is 3. The fourth-order valence-electron chi connectivity index (χ4n) is 2.93. The summed E-state index contributed by atoms with van der Waals surface area (Å²) in [5.74, 6) is 1.49. The smallest absolute Gasteiger partial charge is 0.234 e. The first-order valence-electron chi connectivity index (χ1n) is 7.92. The van der Waals surface area contributed by atoms with Crippen LogP contribution in [0, 0.1) is 0 Å². The normalized spacial score (nSPS) is 14.9. The lowest BCUT2D eigenvalue weighted by Gasteiger charge is -2.10. The summed E-state index contributed by atoms with van der Waals surface area (Å²) in [6.07, 6.45) is 4.81. The van der Waals surface area contributed by atoms with Gasteiger partial charge in [-0.1, -0.05) is 59.4 Å². The van der Waals surface area contributed by atoms with Crippen LogP contribution in [-0.4, -0.2) is 26.4 Å².